The third-order valence-electron chi connectivity index (χ3n) is 3.16. The minimum Gasteiger partial charge on any atom is -0.438 e. The van der Waals surface area contributed by atoms with Crippen molar-refractivity contribution in [3.05, 3.63) is 52.1 Å². The first-order chi connectivity index (χ1) is 9.91. The van der Waals surface area contributed by atoms with Crippen LogP contribution in [0, 0.1) is 0 Å². The van der Waals surface area contributed by atoms with Gasteiger partial charge in [0.2, 0.25) is 5.88 Å². The number of rotatable bonds is 4. The Bertz CT molecular complexity index is 620. The van der Waals surface area contributed by atoms with Crippen LogP contribution in [0.4, 0.5) is 0 Å². The lowest BCUT2D eigenvalue weighted by Gasteiger charge is -2.22. The molecule has 21 heavy (non-hydrogen) atoms. The van der Waals surface area contributed by atoms with Gasteiger partial charge < -0.3 is 10.1 Å². The Hall–Kier alpha value is -1.39. The summed E-state index contributed by atoms with van der Waals surface area (Å²) < 4.78 is 7.05. The molecular formula is C17H21BrN2O. The fourth-order valence-corrected chi connectivity index (χ4v) is 2.54. The Morgan fingerprint density at radius 2 is 1.95 bits per heavy atom. The summed E-state index contributed by atoms with van der Waals surface area (Å²) in [5.74, 6) is 1.50. The fourth-order valence-electron chi connectivity index (χ4n) is 2.16. The van der Waals surface area contributed by atoms with Gasteiger partial charge >= 0.3 is 0 Å². The van der Waals surface area contributed by atoms with Crippen molar-refractivity contribution in [2.45, 2.75) is 32.7 Å². The Labute approximate surface area is 134 Å². The molecule has 0 unspecified atom stereocenters. The van der Waals surface area contributed by atoms with Crippen molar-refractivity contribution in [2.24, 2.45) is 0 Å². The predicted molar refractivity (Wildman–Crippen MR) is 89.9 cm³/mol. The highest BCUT2D eigenvalue weighted by molar-refractivity contribution is 9.10. The van der Waals surface area contributed by atoms with Gasteiger partial charge in [-0.3, -0.25) is 0 Å². The molecular weight excluding hydrogens is 328 g/mol. The van der Waals surface area contributed by atoms with Crippen LogP contribution in [0.25, 0.3) is 0 Å². The summed E-state index contributed by atoms with van der Waals surface area (Å²) in [5.41, 5.74) is 2.22. The molecule has 0 fully saturated rings. The monoisotopic (exact) mass is 348 g/mol. The molecule has 0 saturated carbocycles. The summed E-state index contributed by atoms with van der Waals surface area (Å²) in [4.78, 5) is 4.41. The average Bonchev–Trinajstić information content (AvgIpc) is 2.41. The number of aromatic nitrogens is 1. The average molecular weight is 349 g/mol. The van der Waals surface area contributed by atoms with Crippen LogP contribution in [0.3, 0.4) is 0 Å². The Kier molecular flexibility index (Phi) is 5.01. The standard InChI is InChI=1S/C17H21BrN2O/c1-17(2,3)14-7-5-6-8-15(14)21-16-12(10-19-4)9-13(18)11-20-16/h5-9,11,19H,10H2,1-4H3. The number of pyridine rings is 1. The SMILES string of the molecule is CNCc1cc(Br)cnc1Oc1ccccc1C(C)(C)C. The first-order valence-electron chi connectivity index (χ1n) is 6.98. The molecule has 0 amide bonds. The van der Waals surface area contributed by atoms with Gasteiger partial charge in [-0.2, -0.15) is 0 Å². The van der Waals surface area contributed by atoms with E-state index in [0.717, 1.165) is 15.8 Å². The van der Waals surface area contributed by atoms with E-state index < -0.39 is 0 Å². The highest BCUT2D eigenvalue weighted by Crippen LogP contribution is 2.34. The second-order valence-electron chi connectivity index (χ2n) is 6.00. The molecule has 0 saturated heterocycles. The minimum atomic E-state index is 0.0229. The number of hydrogen-bond acceptors (Lipinski definition) is 3. The van der Waals surface area contributed by atoms with Crippen molar-refractivity contribution < 1.29 is 4.74 Å². The van der Waals surface area contributed by atoms with Crippen molar-refractivity contribution in [2.75, 3.05) is 7.05 Å². The van der Waals surface area contributed by atoms with Gasteiger partial charge in [0, 0.05) is 28.3 Å². The van der Waals surface area contributed by atoms with E-state index in [-0.39, 0.29) is 5.41 Å². The molecule has 0 radical (unpaired) electrons. The van der Waals surface area contributed by atoms with E-state index in [1.54, 1.807) is 6.20 Å². The third-order valence-corrected chi connectivity index (χ3v) is 3.59. The highest BCUT2D eigenvalue weighted by atomic mass is 79.9. The molecule has 1 N–H and O–H groups in total. The summed E-state index contributed by atoms with van der Waals surface area (Å²) in [6.07, 6.45) is 1.76. The topological polar surface area (TPSA) is 34.2 Å². The van der Waals surface area contributed by atoms with E-state index in [0.29, 0.717) is 12.4 Å². The molecule has 3 nitrogen and oxygen atoms in total. The molecule has 0 atom stereocenters. The number of hydrogen-bond donors (Lipinski definition) is 1. The third kappa shape index (κ3) is 4.05. The van der Waals surface area contributed by atoms with Gasteiger partial charge in [0.15, 0.2) is 0 Å². The maximum Gasteiger partial charge on any atom is 0.223 e. The number of benzene rings is 1. The van der Waals surface area contributed by atoms with Crippen molar-refractivity contribution >= 4 is 15.9 Å². The van der Waals surface area contributed by atoms with Crippen LogP contribution >= 0.6 is 15.9 Å². The molecule has 2 rings (SSSR count). The Morgan fingerprint density at radius 3 is 2.62 bits per heavy atom. The lowest BCUT2D eigenvalue weighted by atomic mass is 9.86. The zero-order chi connectivity index (χ0) is 15.5. The van der Waals surface area contributed by atoms with E-state index in [4.69, 9.17) is 4.74 Å². The number of nitrogens with one attached hydrogen (secondary N) is 1. The van der Waals surface area contributed by atoms with Crippen molar-refractivity contribution in [3.63, 3.8) is 0 Å². The van der Waals surface area contributed by atoms with Gasteiger partial charge in [-0.05, 0) is 40.5 Å². The van der Waals surface area contributed by atoms with Crippen LogP contribution in [0.2, 0.25) is 0 Å². The van der Waals surface area contributed by atoms with Gasteiger partial charge in [-0.25, -0.2) is 4.98 Å². The van der Waals surface area contributed by atoms with Crippen LogP contribution < -0.4 is 10.1 Å². The zero-order valence-electron chi connectivity index (χ0n) is 12.9. The molecule has 0 aliphatic carbocycles. The number of ether oxygens (including phenoxy) is 1. The normalized spacial score (nSPS) is 11.5. The first-order valence-corrected chi connectivity index (χ1v) is 7.77. The summed E-state index contributed by atoms with van der Waals surface area (Å²) in [6, 6.07) is 10.1. The van der Waals surface area contributed by atoms with Crippen molar-refractivity contribution in [3.8, 4) is 11.6 Å². The summed E-state index contributed by atoms with van der Waals surface area (Å²) >= 11 is 3.45. The zero-order valence-corrected chi connectivity index (χ0v) is 14.5. The molecule has 0 bridgehead atoms. The molecule has 1 heterocycles. The van der Waals surface area contributed by atoms with Crippen LogP contribution in [0.5, 0.6) is 11.6 Å². The van der Waals surface area contributed by atoms with Crippen LogP contribution in [0.1, 0.15) is 31.9 Å². The minimum absolute atomic E-state index is 0.0229. The summed E-state index contributed by atoms with van der Waals surface area (Å²) in [7, 11) is 1.91. The van der Waals surface area contributed by atoms with E-state index in [1.807, 2.05) is 31.3 Å². The second kappa shape index (κ2) is 6.58. The molecule has 112 valence electrons. The molecule has 2 aromatic rings. The summed E-state index contributed by atoms with van der Waals surface area (Å²) in [6.45, 7) is 7.25. The second-order valence-corrected chi connectivity index (χ2v) is 6.91. The Morgan fingerprint density at radius 1 is 1.24 bits per heavy atom. The predicted octanol–water partition coefficient (Wildman–Crippen LogP) is 4.65. The van der Waals surface area contributed by atoms with E-state index in [2.05, 4.69) is 53.1 Å². The van der Waals surface area contributed by atoms with Gasteiger partial charge in [0.1, 0.15) is 5.75 Å². The fraction of sp³-hybridized carbons (Fsp3) is 0.353. The maximum absolute atomic E-state index is 6.10. The van der Waals surface area contributed by atoms with E-state index in [1.165, 1.54) is 5.56 Å². The number of para-hydroxylation sites is 1. The maximum atomic E-state index is 6.10. The van der Waals surface area contributed by atoms with Crippen molar-refractivity contribution in [1.82, 2.24) is 10.3 Å². The van der Waals surface area contributed by atoms with Crippen molar-refractivity contribution in [1.29, 1.82) is 0 Å². The van der Waals surface area contributed by atoms with Gasteiger partial charge in [0.25, 0.3) is 0 Å². The number of nitrogens with zero attached hydrogens (tertiary/aromatic N) is 1. The van der Waals surface area contributed by atoms with Gasteiger partial charge in [-0.15, -0.1) is 0 Å². The van der Waals surface area contributed by atoms with Crippen LogP contribution in [-0.4, -0.2) is 12.0 Å². The van der Waals surface area contributed by atoms with Crippen LogP contribution in [-0.2, 0) is 12.0 Å². The summed E-state index contributed by atoms with van der Waals surface area (Å²) in [5, 5.41) is 3.14. The van der Waals surface area contributed by atoms with Gasteiger partial charge in [-0.1, -0.05) is 39.0 Å². The smallest absolute Gasteiger partial charge is 0.223 e. The lowest BCUT2D eigenvalue weighted by Crippen LogP contribution is -2.13. The van der Waals surface area contributed by atoms with E-state index in [9.17, 15) is 0 Å². The van der Waals surface area contributed by atoms with Crippen LogP contribution in [0.15, 0.2) is 41.0 Å². The first kappa shape index (κ1) is 16.0. The Balaban J connectivity index is 2.39. The van der Waals surface area contributed by atoms with E-state index >= 15 is 0 Å². The lowest BCUT2D eigenvalue weighted by molar-refractivity contribution is 0.433. The largest absolute Gasteiger partial charge is 0.438 e. The molecule has 0 aliphatic rings. The quantitative estimate of drug-likeness (QED) is 0.872. The molecule has 0 spiro atoms. The highest BCUT2D eigenvalue weighted by Gasteiger charge is 2.19. The molecule has 4 heteroatoms. The van der Waals surface area contributed by atoms with Gasteiger partial charge in [0.05, 0.1) is 0 Å². The molecule has 1 aromatic heterocycles. The number of halogens is 1. The molecule has 0 aliphatic heterocycles. The molecule has 1 aromatic carbocycles.